The van der Waals surface area contributed by atoms with Crippen LogP contribution in [0.15, 0.2) is 12.2 Å². The predicted molar refractivity (Wildman–Crippen MR) is 47.6 cm³/mol. The van der Waals surface area contributed by atoms with Crippen molar-refractivity contribution in [2.45, 2.75) is 19.8 Å². The molecule has 0 saturated carbocycles. The fourth-order valence-electron chi connectivity index (χ4n) is 1.47. The minimum atomic E-state index is -0.255. The van der Waals surface area contributed by atoms with E-state index >= 15 is 0 Å². The summed E-state index contributed by atoms with van der Waals surface area (Å²) in [4.78, 5) is 11.4. The van der Waals surface area contributed by atoms with Gasteiger partial charge >= 0.3 is 5.97 Å². The van der Waals surface area contributed by atoms with Crippen LogP contribution in [0.1, 0.15) is 19.8 Å². The Morgan fingerprint density at radius 1 is 1.62 bits per heavy atom. The van der Waals surface area contributed by atoms with Crippen molar-refractivity contribution in [3.63, 3.8) is 0 Å². The summed E-state index contributed by atoms with van der Waals surface area (Å²) in [6.45, 7) is 2.16. The van der Waals surface area contributed by atoms with E-state index in [2.05, 4.69) is 6.07 Å². The van der Waals surface area contributed by atoms with Crippen LogP contribution in [-0.4, -0.2) is 12.6 Å². The lowest BCUT2D eigenvalue weighted by molar-refractivity contribution is -0.149. The van der Waals surface area contributed by atoms with Crippen molar-refractivity contribution in [1.82, 2.24) is 0 Å². The van der Waals surface area contributed by atoms with E-state index in [1.54, 1.807) is 6.92 Å². The molecule has 2 unspecified atom stereocenters. The topological polar surface area (TPSA) is 50.1 Å². The number of hydrogen-bond donors (Lipinski definition) is 0. The van der Waals surface area contributed by atoms with E-state index in [1.165, 1.54) is 0 Å². The molecule has 70 valence electrons. The Labute approximate surface area is 78.0 Å². The normalized spacial score (nSPS) is 26.5. The van der Waals surface area contributed by atoms with Crippen molar-refractivity contribution < 1.29 is 9.53 Å². The van der Waals surface area contributed by atoms with Gasteiger partial charge in [0.05, 0.1) is 24.5 Å². The molecule has 0 aromatic carbocycles. The highest BCUT2D eigenvalue weighted by molar-refractivity contribution is 5.73. The Morgan fingerprint density at radius 3 is 2.92 bits per heavy atom. The third kappa shape index (κ3) is 2.32. The maximum absolute atomic E-state index is 11.4. The predicted octanol–water partition coefficient (Wildman–Crippen LogP) is 1.66. The number of nitrogens with zero attached hydrogens (tertiary/aromatic N) is 1. The molecule has 2 atom stereocenters. The van der Waals surface area contributed by atoms with E-state index in [0.29, 0.717) is 19.4 Å². The second kappa shape index (κ2) is 4.66. The Kier molecular flexibility index (Phi) is 3.51. The van der Waals surface area contributed by atoms with Crippen LogP contribution in [0.25, 0.3) is 0 Å². The zero-order valence-corrected chi connectivity index (χ0v) is 7.69. The Morgan fingerprint density at radius 2 is 2.31 bits per heavy atom. The van der Waals surface area contributed by atoms with E-state index in [1.807, 2.05) is 12.2 Å². The van der Waals surface area contributed by atoms with E-state index in [9.17, 15) is 4.79 Å². The van der Waals surface area contributed by atoms with Gasteiger partial charge in [0.1, 0.15) is 0 Å². The van der Waals surface area contributed by atoms with Gasteiger partial charge in [-0.3, -0.25) is 4.79 Å². The van der Waals surface area contributed by atoms with Gasteiger partial charge in [-0.2, -0.15) is 5.26 Å². The second-order valence-electron chi connectivity index (χ2n) is 3.04. The van der Waals surface area contributed by atoms with Crippen molar-refractivity contribution in [2.75, 3.05) is 6.61 Å². The molecule has 0 aromatic rings. The van der Waals surface area contributed by atoms with Gasteiger partial charge in [-0.1, -0.05) is 12.2 Å². The Balaban J connectivity index is 2.61. The lowest BCUT2D eigenvalue weighted by Crippen LogP contribution is -2.26. The molecule has 0 bridgehead atoms. The molecule has 0 heterocycles. The van der Waals surface area contributed by atoms with Gasteiger partial charge in [0.2, 0.25) is 0 Å². The fourth-order valence-corrected chi connectivity index (χ4v) is 1.47. The van der Waals surface area contributed by atoms with Crippen LogP contribution in [0.2, 0.25) is 0 Å². The minimum absolute atomic E-state index is 0.205. The summed E-state index contributed by atoms with van der Waals surface area (Å²) in [7, 11) is 0. The number of esters is 1. The monoisotopic (exact) mass is 179 g/mol. The van der Waals surface area contributed by atoms with Crippen LogP contribution in [0.4, 0.5) is 0 Å². The van der Waals surface area contributed by atoms with E-state index in [0.717, 1.165) is 0 Å². The number of allylic oxidation sites excluding steroid dienone is 2. The smallest absolute Gasteiger partial charge is 0.310 e. The van der Waals surface area contributed by atoms with Gasteiger partial charge in [0.15, 0.2) is 0 Å². The summed E-state index contributed by atoms with van der Waals surface area (Å²) in [5, 5.41) is 8.79. The van der Waals surface area contributed by atoms with Crippen LogP contribution in [0, 0.1) is 23.2 Å². The maximum Gasteiger partial charge on any atom is 0.310 e. The van der Waals surface area contributed by atoms with Crippen LogP contribution >= 0.6 is 0 Å². The number of ether oxygens (including phenoxy) is 1. The molecule has 0 aliphatic heterocycles. The van der Waals surface area contributed by atoms with Crippen LogP contribution < -0.4 is 0 Å². The molecule has 3 heteroatoms. The average Bonchev–Trinajstić information content (AvgIpc) is 2.18. The first-order valence-electron chi connectivity index (χ1n) is 4.50. The van der Waals surface area contributed by atoms with Crippen molar-refractivity contribution in [3.05, 3.63) is 12.2 Å². The van der Waals surface area contributed by atoms with Crippen molar-refractivity contribution >= 4 is 5.97 Å². The molecule has 0 N–H and O–H groups in total. The molecule has 0 amide bonds. The lowest BCUT2D eigenvalue weighted by atomic mass is 9.84. The highest BCUT2D eigenvalue weighted by atomic mass is 16.5. The first-order chi connectivity index (χ1) is 6.29. The number of rotatable bonds is 2. The van der Waals surface area contributed by atoms with Crippen molar-refractivity contribution in [1.29, 1.82) is 5.26 Å². The van der Waals surface area contributed by atoms with Gasteiger partial charge in [0.25, 0.3) is 0 Å². The lowest BCUT2D eigenvalue weighted by Gasteiger charge is -2.20. The van der Waals surface area contributed by atoms with Crippen LogP contribution in [0.5, 0.6) is 0 Å². The quantitative estimate of drug-likeness (QED) is 0.478. The highest BCUT2D eigenvalue weighted by Crippen LogP contribution is 2.25. The summed E-state index contributed by atoms with van der Waals surface area (Å²) in [5.41, 5.74) is 0. The molecule has 0 aromatic heterocycles. The van der Waals surface area contributed by atoms with Crippen molar-refractivity contribution in [3.8, 4) is 6.07 Å². The number of carbonyl (C=O) groups excluding carboxylic acids is 1. The Bertz CT molecular complexity index is 252. The van der Waals surface area contributed by atoms with Gasteiger partial charge < -0.3 is 4.74 Å². The van der Waals surface area contributed by atoms with Gasteiger partial charge in [0, 0.05) is 0 Å². The van der Waals surface area contributed by atoms with Crippen LogP contribution in [-0.2, 0) is 9.53 Å². The third-order valence-corrected chi connectivity index (χ3v) is 2.19. The SMILES string of the molecule is CCOC(=O)C1CC=CCC1C#N. The van der Waals surface area contributed by atoms with Gasteiger partial charge in [-0.15, -0.1) is 0 Å². The van der Waals surface area contributed by atoms with E-state index < -0.39 is 0 Å². The number of nitriles is 1. The van der Waals surface area contributed by atoms with Crippen molar-refractivity contribution in [2.24, 2.45) is 11.8 Å². The molecule has 1 rings (SSSR count). The van der Waals surface area contributed by atoms with Gasteiger partial charge in [-0.25, -0.2) is 0 Å². The summed E-state index contributed by atoms with van der Waals surface area (Å²) in [5.74, 6) is -0.697. The summed E-state index contributed by atoms with van der Waals surface area (Å²) in [6.07, 6.45) is 5.19. The van der Waals surface area contributed by atoms with E-state index in [4.69, 9.17) is 10.00 Å². The zero-order chi connectivity index (χ0) is 9.68. The third-order valence-electron chi connectivity index (χ3n) is 2.19. The number of carbonyl (C=O) groups is 1. The molecular weight excluding hydrogens is 166 g/mol. The molecule has 0 spiro atoms. The standard InChI is InChI=1S/C10H13NO2/c1-2-13-10(12)9-6-4-3-5-8(9)7-11/h3-4,8-9H,2,5-6H2,1H3. The van der Waals surface area contributed by atoms with E-state index in [-0.39, 0.29) is 17.8 Å². The summed E-state index contributed by atoms with van der Waals surface area (Å²) >= 11 is 0. The molecule has 3 nitrogen and oxygen atoms in total. The maximum atomic E-state index is 11.4. The Hall–Kier alpha value is -1.30. The van der Waals surface area contributed by atoms with Crippen LogP contribution in [0.3, 0.4) is 0 Å². The average molecular weight is 179 g/mol. The largest absolute Gasteiger partial charge is 0.466 e. The molecule has 0 saturated heterocycles. The summed E-state index contributed by atoms with van der Waals surface area (Å²) < 4.78 is 4.89. The molecule has 0 radical (unpaired) electrons. The second-order valence-corrected chi connectivity index (χ2v) is 3.04. The zero-order valence-electron chi connectivity index (χ0n) is 7.69. The van der Waals surface area contributed by atoms with Gasteiger partial charge in [-0.05, 0) is 19.8 Å². The molecule has 1 aliphatic carbocycles. The molecular formula is C10H13NO2. The first kappa shape index (κ1) is 9.79. The fraction of sp³-hybridized carbons (Fsp3) is 0.600. The molecule has 13 heavy (non-hydrogen) atoms. The minimum Gasteiger partial charge on any atom is -0.466 e. The highest BCUT2D eigenvalue weighted by Gasteiger charge is 2.29. The number of hydrogen-bond acceptors (Lipinski definition) is 3. The molecule has 0 fully saturated rings. The summed E-state index contributed by atoms with van der Waals surface area (Å²) in [6, 6.07) is 2.14. The molecule has 1 aliphatic rings. The first-order valence-corrected chi connectivity index (χ1v) is 4.50.